The number of nitrogens with one attached hydrogen (secondary N) is 1. The zero-order valence-electron chi connectivity index (χ0n) is 10.9. The maximum atomic E-state index is 4.26. The Bertz CT molecular complexity index is 640. The minimum Gasteiger partial charge on any atom is -0.343 e. The third-order valence-corrected chi connectivity index (χ3v) is 3.32. The number of hydrogen-bond donors (Lipinski definition) is 1. The van der Waals surface area contributed by atoms with Gasteiger partial charge in [-0.15, -0.1) is 0 Å². The second-order valence-corrected chi connectivity index (χ2v) is 4.57. The fraction of sp³-hybridized carbons (Fsp3) is 0.118. The minimum absolute atomic E-state index is 0.853. The van der Waals surface area contributed by atoms with E-state index in [1.54, 1.807) is 0 Å². The molecule has 0 spiro atoms. The van der Waals surface area contributed by atoms with Gasteiger partial charge in [-0.3, -0.25) is 4.99 Å². The van der Waals surface area contributed by atoms with Crippen molar-refractivity contribution >= 4 is 17.6 Å². The van der Waals surface area contributed by atoms with E-state index < -0.39 is 0 Å². The summed E-state index contributed by atoms with van der Waals surface area (Å²) in [6.07, 6.45) is 5.14. The van der Waals surface area contributed by atoms with Crippen molar-refractivity contribution < 1.29 is 0 Å². The third-order valence-electron chi connectivity index (χ3n) is 3.32. The van der Waals surface area contributed by atoms with Gasteiger partial charge >= 0.3 is 0 Å². The second kappa shape index (κ2) is 5.11. The summed E-state index contributed by atoms with van der Waals surface area (Å²) < 4.78 is 0. The van der Waals surface area contributed by atoms with E-state index in [9.17, 15) is 0 Å². The second-order valence-electron chi connectivity index (χ2n) is 4.57. The van der Waals surface area contributed by atoms with Gasteiger partial charge in [-0.1, -0.05) is 54.6 Å². The summed E-state index contributed by atoms with van der Waals surface area (Å²) in [5, 5.41) is 3.41. The minimum atomic E-state index is 0.853. The van der Waals surface area contributed by atoms with Crippen molar-refractivity contribution in [2.45, 2.75) is 6.42 Å². The SMILES string of the molecule is CN=C1CC=Cc2ccc(-c3ccccc3)cc2N1. The standard InChI is InChI=1S/C17H16N2/c1-18-17-9-5-8-14-10-11-15(12-16(14)19-17)13-6-3-2-4-7-13/h2-8,10-12H,9H2,1H3,(H,18,19). The number of anilines is 1. The first-order valence-electron chi connectivity index (χ1n) is 6.45. The van der Waals surface area contributed by atoms with E-state index in [0.717, 1.165) is 17.9 Å². The summed E-state index contributed by atoms with van der Waals surface area (Å²) in [5.41, 5.74) is 4.78. The lowest BCUT2D eigenvalue weighted by Crippen LogP contribution is -2.10. The summed E-state index contributed by atoms with van der Waals surface area (Å²) in [7, 11) is 1.82. The van der Waals surface area contributed by atoms with Crippen LogP contribution < -0.4 is 5.32 Å². The fourth-order valence-electron chi connectivity index (χ4n) is 2.27. The smallest absolute Gasteiger partial charge is 0.104 e. The van der Waals surface area contributed by atoms with Gasteiger partial charge in [0.1, 0.15) is 5.84 Å². The van der Waals surface area contributed by atoms with Gasteiger partial charge in [0.05, 0.1) is 0 Å². The van der Waals surface area contributed by atoms with E-state index in [0.29, 0.717) is 0 Å². The zero-order valence-corrected chi connectivity index (χ0v) is 10.9. The zero-order chi connectivity index (χ0) is 13.1. The molecule has 1 aliphatic rings. The molecule has 0 saturated carbocycles. The normalized spacial score (nSPS) is 15.7. The Morgan fingerprint density at radius 3 is 2.63 bits per heavy atom. The van der Waals surface area contributed by atoms with Gasteiger partial charge in [0, 0.05) is 19.2 Å². The van der Waals surface area contributed by atoms with Crippen molar-refractivity contribution in [3.63, 3.8) is 0 Å². The lowest BCUT2D eigenvalue weighted by atomic mass is 10.0. The highest BCUT2D eigenvalue weighted by atomic mass is 15.0. The lowest BCUT2D eigenvalue weighted by Gasteiger charge is -2.11. The molecule has 2 heteroatoms. The number of aliphatic imine (C=N–C) groups is 1. The van der Waals surface area contributed by atoms with Gasteiger partial charge in [-0.05, 0) is 22.8 Å². The number of hydrogen-bond acceptors (Lipinski definition) is 1. The van der Waals surface area contributed by atoms with Crippen LogP contribution in [0.4, 0.5) is 5.69 Å². The molecule has 2 aromatic carbocycles. The molecular weight excluding hydrogens is 232 g/mol. The molecule has 1 aliphatic heterocycles. The molecule has 2 nitrogen and oxygen atoms in total. The van der Waals surface area contributed by atoms with E-state index in [2.05, 4.69) is 64.9 Å². The third kappa shape index (κ3) is 2.43. The van der Waals surface area contributed by atoms with E-state index in [1.165, 1.54) is 16.7 Å². The number of benzene rings is 2. The average Bonchev–Trinajstić information content (AvgIpc) is 2.69. The van der Waals surface area contributed by atoms with Crippen molar-refractivity contribution in [3.8, 4) is 11.1 Å². The molecule has 0 unspecified atom stereocenters. The molecule has 0 saturated heterocycles. The van der Waals surface area contributed by atoms with E-state index >= 15 is 0 Å². The van der Waals surface area contributed by atoms with Crippen molar-refractivity contribution in [2.24, 2.45) is 4.99 Å². The van der Waals surface area contributed by atoms with Crippen molar-refractivity contribution in [2.75, 3.05) is 12.4 Å². The Morgan fingerprint density at radius 2 is 1.84 bits per heavy atom. The monoisotopic (exact) mass is 248 g/mol. The summed E-state index contributed by atoms with van der Waals surface area (Å²) in [6, 6.07) is 16.9. The predicted octanol–water partition coefficient (Wildman–Crippen LogP) is 4.21. The molecule has 0 amide bonds. The van der Waals surface area contributed by atoms with Gasteiger partial charge in [0.15, 0.2) is 0 Å². The Hall–Kier alpha value is -2.35. The van der Waals surface area contributed by atoms with E-state index in [4.69, 9.17) is 0 Å². The van der Waals surface area contributed by atoms with Gasteiger partial charge < -0.3 is 5.32 Å². The molecule has 0 fully saturated rings. The number of nitrogens with zero attached hydrogens (tertiary/aromatic N) is 1. The summed E-state index contributed by atoms with van der Waals surface area (Å²) >= 11 is 0. The largest absolute Gasteiger partial charge is 0.343 e. The van der Waals surface area contributed by atoms with Crippen LogP contribution >= 0.6 is 0 Å². The van der Waals surface area contributed by atoms with Gasteiger partial charge in [-0.2, -0.15) is 0 Å². The van der Waals surface area contributed by atoms with Crippen molar-refractivity contribution in [1.82, 2.24) is 0 Å². The van der Waals surface area contributed by atoms with Crippen molar-refractivity contribution in [1.29, 1.82) is 0 Å². The average molecular weight is 248 g/mol. The molecule has 1 N–H and O–H groups in total. The molecule has 1 heterocycles. The van der Waals surface area contributed by atoms with Crippen LogP contribution in [0, 0.1) is 0 Å². The topological polar surface area (TPSA) is 24.4 Å². The first-order valence-corrected chi connectivity index (χ1v) is 6.45. The van der Waals surface area contributed by atoms with E-state index in [1.807, 2.05) is 13.1 Å². The van der Waals surface area contributed by atoms with Crippen molar-refractivity contribution in [3.05, 3.63) is 60.2 Å². The van der Waals surface area contributed by atoms with Crippen LogP contribution in [-0.2, 0) is 0 Å². The van der Waals surface area contributed by atoms with Gasteiger partial charge in [0.25, 0.3) is 0 Å². The highest BCUT2D eigenvalue weighted by molar-refractivity contribution is 6.00. The molecule has 0 aliphatic carbocycles. The first-order chi connectivity index (χ1) is 9.36. The van der Waals surface area contributed by atoms with Crippen LogP contribution in [0.1, 0.15) is 12.0 Å². The molecule has 94 valence electrons. The number of fused-ring (bicyclic) bond motifs is 1. The molecule has 0 bridgehead atoms. The predicted molar refractivity (Wildman–Crippen MR) is 82.5 cm³/mol. The summed E-state index contributed by atoms with van der Waals surface area (Å²) in [6.45, 7) is 0. The van der Waals surface area contributed by atoms with Gasteiger partial charge in [-0.25, -0.2) is 0 Å². The molecule has 0 radical (unpaired) electrons. The van der Waals surface area contributed by atoms with E-state index in [-0.39, 0.29) is 0 Å². The summed E-state index contributed by atoms with van der Waals surface area (Å²) in [4.78, 5) is 4.26. The number of amidine groups is 1. The molecule has 3 rings (SSSR count). The summed E-state index contributed by atoms with van der Waals surface area (Å²) in [5.74, 6) is 1.00. The first kappa shape index (κ1) is 11.7. The highest BCUT2D eigenvalue weighted by Crippen LogP contribution is 2.28. The van der Waals surface area contributed by atoms with Crippen LogP contribution in [0.5, 0.6) is 0 Å². The van der Waals surface area contributed by atoms with Crippen LogP contribution in [0.2, 0.25) is 0 Å². The lowest BCUT2D eigenvalue weighted by molar-refractivity contribution is 1.34. The quantitative estimate of drug-likeness (QED) is 0.803. The maximum absolute atomic E-state index is 4.26. The molecular formula is C17H16N2. The van der Waals surface area contributed by atoms with Crippen LogP contribution in [-0.4, -0.2) is 12.9 Å². The maximum Gasteiger partial charge on any atom is 0.104 e. The van der Waals surface area contributed by atoms with Crippen LogP contribution in [0.3, 0.4) is 0 Å². The molecule has 0 atom stereocenters. The highest BCUT2D eigenvalue weighted by Gasteiger charge is 2.08. The Morgan fingerprint density at radius 1 is 1.00 bits per heavy atom. The van der Waals surface area contributed by atoms with Crippen LogP contribution in [0.25, 0.3) is 17.2 Å². The van der Waals surface area contributed by atoms with Gasteiger partial charge in [0.2, 0.25) is 0 Å². The Labute approximate surface area is 113 Å². The number of rotatable bonds is 1. The molecule has 2 aromatic rings. The fourth-order valence-corrected chi connectivity index (χ4v) is 2.27. The molecule has 19 heavy (non-hydrogen) atoms. The Kier molecular flexibility index (Phi) is 3.15. The molecule has 0 aromatic heterocycles. The van der Waals surface area contributed by atoms with Crippen LogP contribution in [0.15, 0.2) is 59.6 Å². The Balaban J connectivity index is 2.05.